The fourth-order valence-electron chi connectivity index (χ4n) is 1.62. The highest BCUT2D eigenvalue weighted by molar-refractivity contribution is 7.11. The molecule has 20 heavy (non-hydrogen) atoms. The molecule has 0 spiro atoms. The number of amides is 1. The molecule has 5 N–H and O–H groups in total. The highest BCUT2D eigenvalue weighted by atomic mass is 32.1. The van der Waals surface area contributed by atoms with E-state index in [9.17, 15) is 4.79 Å². The van der Waals surface area contributed by atoms with Gasteiger partial charge in [-0.3, -0.25) is 9.89 Å². The molecule has 0 aromatic carbocycles. The number of anilines is 2. The van der Waals surface area contributed by atoms with Crippen LogP contribution in [0.4, 0.5) is 10.8 Å². The van der Waals surface area contributed by atoms with Crippen molar-refractivity contribution < 1.29 is 4.79 Å². The molecular formula is C11H17N7OS. The number of hydrogen-bond acceptors (Lipinski definition) is 7. The van der Waals surface area contributed by atoms with Crippen LogP contribution in [0.25, 0.3) is 0 Å². The number of carbonyl (C=O) groups excluding carboxylic acids is 1. The number of nitrogens with one attached hydrogen (secondary N) is 3. The van der Waals surface area contributed by atoms with Gasteiger partial charge in [0.05, 0.1) is 0 Å². The van der Waals surface area contributed by atoms with Gasteiger partial charge in [0, 0.05) is 19.0 Å². The maximum Gasteiger partial charge on any atom is 0.258 e. The van der Waals surface area contributed by atoms with Crippen LogP contribution in [0.15, 0.2) is 6.33 Å². The molecule has 2 aromatic heterocycles. The van der Waals surface area contributed by atoms with Crippen LogP contribution in [0.1, 0.15) is 30.0 Å². The highest BCUT2D eigenvalue weighted by Crippen LogP contribution is 2.26. The van der Waals surface area contributed by atoms with Crippen molar-refractivity contribution in [3.8, 4) is 0 Å². The Morgan fingerprint density at radius 1 is 1.55 bits per heavy atom. The summed E-state index contributed by atoms with van der Waals surface area (Å²) in [6, 6.07) is 0.0452. The second-order valence-electron chi connectivity index (χ2n) is 4.51. The molecule has 0 radical (unpaired) electrons. The van der Waals surface area contributed by atoms with Gasteiger partial charge < -0.3 is 16.4 Å². The Morgan fingerprint density at radius 3 is 3.00 bits per heavy atom. The van der Waals surface area contributed by atoms with Gasteiger partial charge in [0.1, 0.15) is 22.7 Å². The first-order chi connectivity index (χ1) is 9.58. The fourth-order valence-corrected chi connectivity index (χ4v) is 2.36. The lowest BCUT2D eigenvalue weighted by atomic mass is 10.2. The van der Waals surface area contributed by atoms with Crippen molar-refractivity contribution in [2.75, 3.05) is 17.6 Å². The summed E-state index contributed by atoms with van der Waals surface area (Å²) in [7, 11) is 0. The predicted octanol–water partition coefficient (Wildman–Crippen LogP) is 0.636. The lowest BCUT2D eigenvalue weighted by Crippen LogP contribution is -2.31. The SMILES string of the molecule is CC(C)NC(=O)c1c(N)nsc1NCCc1ncn[nH]1. The van der Waals surface area contributed by atoms with E-state index >= 15 is 0 Å². The average molecular weight is 295 g/mol. The van der Waals surface area contributed by atoms with Crippen LogP contribution in [0.2, 0.25) is 0 Å². The minimum atomic E-state index is -0.214. The molecular weight excluding hydrogens is 278 g/mol. The van der Waals surface area contributed by atoms with E-state index in [0.717, 1.165) is 5.82 Å². The monoisotopic (exact) mass is 295 g/mol. The maximum atomic E-state index is 12.1. The number of carbonyl (C=O) groups is 1. The van der Waals surface area contributed by atoms with Crippen LogP contribution in [-0.2, 0) is 6.42 Å². The largest absolute Gasteiger partial charge is 0.382 e. The van der Waals surface area contributed by atoms with Crippen LogP contribution in [0.3, 0.4) is 0 Å². The van der Waals surface area contributed by atoms with Gasteiger partial charge in [0.15, 0.2) is 5.82 Å². The molecule has 8 nitrogen and oxygen atoms in total. The number of aromatic amines is 1. The Kier molecular flexibility index (Phi) is 4.51. The second-order valence-corrected chi connectivity index (χ2v) is 5.28. The third-order valence-electron chi connectivity index (χ3n) is 2.48. The van der Waals surface area contributed by atoms with Gasteiger partial charge in [-0.1, -0.05) is 0 Å². The molecule has 0 aliphatic rings. The van der Waals surface area contributed by atoms with Gasteiger partial charge in [-0.25, -0.2) is 4.98 Å². The van der Waals surface area contributed by atoms with Crippen molar-refractivity contribution >= 4 is 28.3 Å². The normalized spacial score (nSPS) is 10.8. The van der Waals surface area contributed by atoms with Crippen molar-refractivity contribution in [1.29, 1.82) is 0 Å². The summed E-state index contributed by atoms with van der Waals surface area (Å²) in [5.41, 5.74) is 6.16. The summed E-state index contributed by atoms with van der Waals surface area (Å²) in [5.74, 6) is 0.812. The Labute approximate surface area is 120 Å². The van der Waals surface area contributed by atoms with Crippen LogP contribution >= 0.6 is 11.5 Å². The molecule has 108 valence electrons. The molecule has 9 heteroatoms. The Balaban J connectivity index is 1.99. The van der Waals surface area contributed by atoms with E-state index < -0.39 is 0 Å². The Bertz CT molecular complexity index is 563. The number of nitrogens with zero attached hydrogens (tertiary/aromatic N) is 3. The van der Waals surface area contributed by atoms with E-state index in [1.54, 1.807) is 0 Å². The molecule has 0 fully saturated rings. The molecule has 2 aromatic rings. The van der Waals surface area contributed by atoms with Gasteiger partial charge in [-0.05, 0) is 25.4 Å². The van der Waals surface area contributed by atoms with Gasteiger partial charge >= 0.3 is 0 Å². The average Bonchev–Trinajstić information content (AvgIpc) is 2.98. The molecule has 2 rings (SSSR count). The van der Waals surface area contributed by atoms with Crippen molar-refractivity contribution in [1.82, 2.24) is 24.9 Å². The Morgan fingerprint density at radius 2 is 2.35 bits per heavy atom. The van der Waals surface area contributed by atoms with Crippen LogP contribution in [0, 0.1) is 0 Å². The molecule has 0 saturated heterocycles. The molecule has 0 unspecified atom stereocenters. The molecule has 0 bridgehead atoms. The third-order valence-corrected chi connectivity index (χ3v) is 3.30. The zero-order valence-corrected chi connectivity index (χ0v) is 12.1. The second kappa shape index (κ2) is 6.33. The zero-order chi connectivity index (χ0) is 14.5. The standard InChI is InChI=1S/C11H17N7OS/c1-6(2)16-10(19)8-9(12)18-20-11(8)13-4-3-7-14-5-15-17-7/h5-6,13H,3-4H2,1-2H3,(H2,12,18)(H,16,19)(H,14,15,17). The summed E-state index contributed by atoms with van der Waals surface area (Å²) >= 11 is 1.18. The summed E-state index contributed by atoms with van der Waals surface area (Å²) in [5, 5.41) is 13.2. The van der Waals surface area contributed by atoms with Gasteiger partial charge in [-0.15, -0.1) is 0 Å². The van der Waals surface area contributed by atoms with E-state index in [0.29, 0.717) is 23.5 Å². The number of hydrogen-bond donors (Lipinski definition) is 4. The molecule has 1 amide bonds. The minimum Gasteiger partial charge on any atom is -0.382 e. The summed E-state index contributed by atoms with van der Waals surface area (Å²) in [6.45, 7) is 4.40. The topological polar surface area (TPSA) is 122 Å². The quantitative estimate of drug-likeness (QED) is 0.620. The lowest BCUT2D eigenvalue weighted by Gasteiger charge is -2.09. The van der Waals surface area contributed by atoms with Crippen molar-refractivity contribution in [3.05, 3.63) is 17.7 Å². The highest BCUT2D eigenvalue weighted by Gasteiger charge is 2.19. The summed E-state index contributed by atoms with van der Waals surface area (Å²) in [6.07, 6.45) is 2.13. The zero-order valence-electron chi connectivity index (χ0n) is 11.3. The van der Waals surface area contributed by atoms with E-state index in [1.165, 1.54) is 17.9 Å². The third kappa shape index (κ3) is 3.44. The van der Waals surface area contributed by atoms with Crippen LogP contribution < -0.4 is 16.4 Å². The number of aromatic nitrogens is 4. The number of rotatable bonds is 6. The van der Waals surface area contributed by atoms with Gasteiger partial charge in [0.25, 0.3) is 5.91 Å². The van der Waals surface area contributed by atoms with E-state index in [-0.39, 0.29) is 17.8 Å². The summed E-state index contributed by atoms with van der Waals surface area (Å²) < 4.78 is 4.02. The fraction of sp³-hybridized carbons (Fsp3) is 0.455. The van der Waals surface area contributed by atoms with Crippen molar-refractivity contribution in [3.63, 3.8) is 0 Å². The molecule has 0 aliphatic carbocycles. The lowest BCUT2D eigenvalue weighted by molar-refractivity contribution is 0.0945. The maximum absolute atomic E-state index is 12.1. The Hall–Kier alpha value is -2.16. The van der Waals surface area contributed by atoms with Crippen molar-refractivity contribution in [2.45, 2.75) is 26.3 Å². The minimum absolute atomic E-state index is 0.0452. The van der Waals surface area contributed by atoms with Gasteiger partial charge in [-0.2, -0.15) is 9.47 Å². The van der Waals surface area contributed by atoms with Gasteiger partial charge in [0.2, 0.25) is 0 Å². The van der Waals surface area contributed by atoms with Crippen LogP contribution in [0.5, 0.6) is 0 Å². The first-order valence-corrected chi connectivity index (χ1v) is 6.99. The number of H-pyrrole nitrogens is 1. The summed E-state index contributed by atoms with van der Waals surface area (Å²) in [4.78, 5) is 16.1. The van der Waals surface area contributed by atoms with E-state index in [2.05, 4.69) is 30.2 Å². The number of nitrogen functional groups attached to an aromatic ring is 1. The van der Waals surface area contributed by atoms with Crippen LogP contribution in [-0.4, -0.2) is 38.0 Å². The van der Waals surface area contributed by atoms with E-state index in [1.807, 2.05) is 13.8 Å². The van der Waals surface area contributed by atoms with Crippen molar-refractivity contribution in [2.24, 2.45) is 0 Å². The first kappa shape index (κ1) is 14.3. The molecule has 0 aliphatic heterocycles. The predicted molar refractivity (Wildman–Crippen MR) is 77.7 cm³/mol. The molecule has 2 heterocycles. The molecule has 0 atom stereocenters. The number of nitrogens with two attached hydrogens (primary N) is 1. The van der Waals surface area contributed by atoms with E-state index in [4.69, 9.17) is 5.73 Å². The smallest absolute Gasteiger partial charge is 0.258 e. The first-order valence-electron chi connectivity index (χ1n) is 6.22. The molecule has 0 saturated carbocycles.